The quantitative estimate of drug-likeness (QED) is 0.328. The van der Waals surface area contributed by atoms with Crippen LogP contribution in [0, 0.1) is 0 Å². The maximum Gasteiger partial charge on any atom is 0.330 e. The lowest BCUT2D eigenvalue weighted by Gasteiger charge is -1.98. The molecule has 0 saturated carbocycles. The highest BCUT2D eigenvalue weighted by molar-refractivity contribution is 5.81. The number of nitrogens with one attached hydrogen (secondary N) is 1. The van der Waals surface area contributed by atoms with Gasteiger partial charge in [-0.15, -0.1) is 0 Å². The average Bonchev–Trinajstić information content (AvgIpc) is 1.89. The predicted molar refractivity (Wildman–Crippen MR) is 35.1 cm³/mol. The zero-order valence-electron chi connectivity index (χ0n) is 5.52. The van der Waals surface area contributed by atoms with Crippen molar-refractivity contribution in [3.05, 3.63) is 12.7 Å². The number of hydrogen-bond donors (Lipinski definition) is 1. The number of esters is 1. The van der Waals surface area contributed by atoms with Crippen LogP contribution in [0.25, 0.3) is 0 Å². The molecule has 0 radical (unpaired) electrons. The van der Waals surface area contributed by atoms with Crippen molar-refractivity contribution in [3.8, 4) is 0 Å². The molecule has 0 aromatic carbocycles. The molecule has 9 heavy (non-hydrogen) atoms. The van der Waals surface area contributed by atoms with Gasteiger partial charge in [-0.3, -0.25) is 0 Å². The van der Waals surface area contributed by atoms with Crippen LogP contribution >= 0.6 is 0 Å². The first kappa shape index (κ1) is 8.17. The van der Waals surface area contributed by atoms with E-state index in [2.05, 4.69) is 16.6 Å². The second-order valence-electron chi connectivity index (χ2n) is 1.48. The Hall–Kier alpha value is -0.830. The Morgan fingerprint density at radius 1 is 1.89 bits per heavy atom. The summed E-state index contributed by atoms with van der Waals surface area (Å²) in [5.41, 5.74) is 0. The van der Waals surface area contributed by atoms with Crippen molar-refractivity contribution in [1.29, 1.82) is 0 Å². The first-order valence-corrected chi connectivity index (χ1v) is 2.75. The molecule has 0 fully saturated rings. The van der Waals surface area contributed by atoms with E-state index >= 15 is 0 Å². The molecule has 0 unspecified atom stereocenters. The molecule has 0 aromatic heterocycles. The summed E-state index contributed by atoms with van der Waals surface area (Å²) < 4.78 is 4.61. The van der Waals surface area contributed by atoms with E-state index in [4.69, 9.17) is 0 Å². The van der Waals surface area contributed by atoms with E-state index in [0.717, 1.165) is 6.08 Å². The van der Waals surface area contributed by atoms with Crippen LogP contribution in [0.1, 0.15) is 0 Å². The highest BCUT2D eigenvalue weighted by Gasteiger charge is 1.90. The lowest BCUT2D eigenvalue weighted by atomic mass is 10.6. The van der Waals surface area contributed by atoms with Gasteiger partial charge < -0.3 is 10.1 Å². The summed E-state index contributed by atoms with van der Waals surface area (Å²) >= 11 is 0. The zero-order valence-corrected chi connectivity index (χ0v) is 5.52. The Bertz CT molecular complexity index is 101. The molecular formula is C6H11NO2. The molecule has 0 saturated heterocycles. The first-order valence-electron chi connectivity index (χ1n) is 2.75. The van der Waals surface area contributed by atoms with Crippen LogP contribution in [0.15, 0.2) is 12.7 Å². The smallest absolute Gasteiger partial charge is 0.330 e. The van der Waals surface area contributed by atoms with Crippen molar-refractivity contribution < 1.29 is 9.53 Å². The van der Waals surface area contributed by atoms with Crippen LogP contribution < -0.4 is 5.32 Å². The number of ether oxygens (including phenoxy) is 1. The van der Waals surface area contributed by atoms with Crippen molar-refractivity contribution in [2.75, 3.05) is 20.2 Å². The lowest BCUT2D eigenvalue weighted by molar-refractivity contribution is -0.137. The highest BCUT2D eigenvalue weighted by atomic mass is 16.5. The fourth-order valence-electron chi connectivity index (χ4n) is 0.313. The van der Waals surface area contributed by atoms with Gasteiger partial charge in [0.15, 0.2) is 0 Å². The summed E-state index contributed by atoms with van der Waals surface area (Å²) in [6.45, 7) is 4.33. The molecule has 0 atom stereocenters. The average molecular weight is 129 g/mol. The van der Waals surface area contributed by atoms with E-state index in [1.807, 2.05) is 0 Å². The van der Waals surface area contributed by atoms with E-state index in [-0.39, 0.29) is 5.97 Å². The summed E-state index contributed by atoms with van der Waals surface area (Å²) in [6, 6.07) is 0. The molecule has 3 nitrogen and oxygen atoms in total. The van der Waals surface area contributed by atoms with E-state index in [1.165, 1.54) is 0 Å². The van der Waals surface area contributed by atoms with Gasteiger partial charge in [-0.05, 0) is 7.05 Å². The topological polar surface area (TPSA) is 38.3 Å². The van der Waals surface area contributed by atoms with Gasteiger partial charge in [0.2, 0.25) is 0 Å². The lowest BCUT2D eigenvalue weighted by Crippen LogP contribution is -2.16. The molecule has 1 N–H and O–H groups in total. The molecule has 0 aromatic rings. The van der Waals surface area contributed by atoms with E-state index in [9.17, 15) is 4.79 Å². The van der Waals surface area contributed by atoms with Gasteiger partial charge in [-0.1, -0.05) is 6.58 Å². The minimum Gasteiger partial charge on any atom is -0.461 e. The van der Waals surface area contributed by atoms with Crippen LogP contribution in [-0.4, -0.2) is 26.2 Å². The summed E-state index contributed by atoms with van der Waals surface area (Å²) in [6.07, 6.45) is 1.15. The number of hydrogen-bond acceptors (Lipinski definition) is 3. The molecular weight excluding hydrogens is 118 g/mol. The standard InChI is InChI=1S/C6H11NO2/c1-3-6(8)9-5-4-7-2/h3,7H,1,4-5H2,2H3. The molecule has 0 spiro atoms. The minimum atomic E-state index is -0.370. The van der Waals surface area contributed by atoms with Crippen molar-refractivity contribution in [2.45, 2.75) is 0 Å². The van der Waals surface area contributed by atoms with Gasteiger partial charge in [0.05, 0.1) is 0 Å². The SMILES string of the molecule is C=CC(=O)OCCNC. The van der Waals surface area contributed by atoms with E-state index < -0.39 is 0 Å². The van der Waals surface area contributed by atoms with Gasteiger partial charge >= 0.3 is 5.97 Å². The molecule has 0 aliphatic rings. The number of carbonyl (C=O) groups is 1. The normalized spacial score (nSPS) is 8.56. The monoisotopic (exact) mass is 129 g/mol. The van der Waals surface area contributed by atoms with Crippen LogP contribution in [0.4, 0.5) is 0 Å². The second-order valence-corrected chi connectivity index (χ2v) is 1.48. The van der Waals surface area contributed by atoms with Crippen molar-refractivity contribution in [3.63, 3.8) is 0 Å². The van der Waals surface area contributed by atoms with Crippen molar-refractivity contribution in [2.24, 2.45) is 0 Å². The predicted octanol–water partition coefficient (Wildman–Crippen LogP) is -0.0650. The summed E-state index contributed by atoms with van der Waals surface area (Å²) in [7, 11) is 1.79. The van der Waals surface area contributed by atoms with Gasteiger partial charge in [0, 0.05) is 12.6 Å². The van der Waals surface area contributed by atoms with Gasteiger partial charge in [0.1, 0.15) is 6.61 Å². The van der Waals surface area contributed by atoms with E-state index in [0.29, 0.717) is 13.2 Å². The highest BCUT2D eigenvalue weighted by Crippen LogP contribution is 1.75. The third-order valence-electron chi connectivity index (χ3n) is 0.763. The summed E-state index contributed by atoms with van der Waals surface area (Å²) in [4.78, 5) is 10.3. The molecule has 0 rings (SSSR count). The van der Waals surface area contributed by atoms with Crippen LogP contribution in [-0.2, 0) is 9.53 Å². The number of rotatable bonds is 4. The van der Waals surface area contributed by atoms with E-state index in [1.54, 1.807) is 7.05 Å². The fourth-order valence-corrected chi connectivity index (χ4v) is 0.313. The second kappa shape index (κ2) is 5.31. The van der Waals surface area contributed by atoms with Crippen LogP contribution in [0.3, 0.4) is 0 Å². The molecule has 0 bridgehead atoms. The van der Waals surface area contributed by atoms with Crippen LogP contribution in [0.5, 0.6) is 0 Å². The summed E-state index contributed by atoms with van der Waals surface area (Å²) in [5, 5.41) is 2.84. The van der Waals surface area contributed by atoms with Gasteiger partial charge in [-0.2, -0.15) is 0 Å². The molecule has 0 aliphatic heterocycles. The Morgan fingerprint density at radius 3 is 3.00 bits per heavy atom. The molecule has 3 heteroatoms. The fraction of sp³-hybridized carbons (Fsp3) is 0.500. The molecule has 52 valence electrons. The Kier molecular flexibility index (Phi) is 4.82. The zero-order chi connectivity index (χ0) is 7.11. The largest absolute Gasteiger partial charge is 0.461 e. The minimum absolute atomic E-state index is 0.370. The number of likely N-dealkylation sites (N-methyl/N-ethyl adjacent to an activating group) is 1. The Labute approximate surface area is 54.7 Å². The van der Waals surface area contributed by atoms with Gasteiger partial charge in [-0.25, -0.2) is 4.79 Å². The van der Waals surface area contributed by atoms with Gasteiger partial charge in [0.25, 0.3) is 0 Å². The molecule has 0 heterocycles. The third kappa shape index (κ3) is 5.03. The Balaban J connectivity index is 3.07. The maximum atomic E-state index is 10.3. The maximum absolute atomic E-state index is 10.3. The summed E-state index contributed by atoms with van der Waals surface area (Å²) in [5.74, 6) is -0.370. The Morgan fingerprint density at radius 2 is 2.56 bits per heavy atom. The van der Waals surface area contributed by atoms with Crippen molar-refractivity contribution >= 4 is 5.97 Å². The van der Waals surface area contributed by atoms with Crippen molar-refractivity contribution in [1.82, 2.24) is 5.32 Å². The number of carbonyl (C=O) groups excluding carboxylic acids is 1. The molecule has 0 aliphatic carbocycles. The third-order valence-corrected chi connectivity index (χ3v) is 0.763. The first-order chi connectivity index (χ1) is 4.31. The van der Waals surface area contributed by atoms with Crippen LogP contribution in [0.2, 0.25) is 0 Å². The molecule has 0 amide bonds.